The van der Waals surface area contributed by atoms with Crippen LogP contribution in [0.25, 0.3) is 0 Å². The van der Waals surface area contributed by atoms with Crippen LogP contribution < -0.4 is 0 Å². The average Bonchev–Trinajstić information content (AvgIpc) is 3.07. The van der Waals surface area contributed by atoms with Crippen LogP contribution in [0, 0.1) is 5.82 Å². The van der Waals surface area contributed by atoms with Crippen LogP contribution in [0.15, 0.2) is 24.3 Å². The highest BCUT2D eigenvalue weighted by Crippen LogP contribution is 2.41. The van der Waals surface area contributed by atoms with Crippen LogP contribution in [-0.4, -0.2) is 72.3 Å². The fourth-order valence-corrected chi connectivity index (χ4v) is 6.90. The molecule has 9 heteroatoms. The van der Waals surface area contributed by atoms with Crippen LogP contribution in [0.3, 0.4) is 0 Å². The molecule has 30 heavy (non-hydrogen) atoms. The number of amides is 1. The summed E-state index contributed by atoms with van der Waals surface area (Å²) >= 11 is 0. The number of benzene rings is 1. The topological polar surface area (TPSA) is 70.2 Å². The number of likely N-dealkylation sites (tertiary alicyclic amines) is 1. The summed E-state index contributed by atoms with van der Waals surface area (Å²) < 4.78 is 48.6. The van der Waals surface area contributed by atoms with Crippen LogP contribution in [0.5, 0.6) is 0 Å². The fourth-order valence-electron chi connectivity index (χ4n) is 5.02. The predicted molar refractivity (Wildman–Crippen MR) is 110 cm³/mol. The van der Waals surface area contributed by atoms with Crippen molar-refractivity contribution in [3.8, 4) is 0 Å². The molecular formula is C21H30FN3O4S. The Balaban J connectivity index is 1.64. The molecule has 3 heterocycles. The Morgan fingerprint density at radius 2 is 1.83 bits per heavy atom. The van der Waals surface area contributed by atoms with Crippen LogP contribution in [0.4, 0.5) is 4.39 Å². The van der Waals surface area contributed by atoms with Crippen LogP contribution in [0.2, 0.25) is 0 Å². The lowest BCUT2D eigenvalue weighted by molar-refractivity contribution is -0.140. The van der Waals surface area contributed by atoms with Crippen LogP contribution in [-0.2, 0) is 26.3 Å². The summed E-state index contributed by atoms with van der Waals surface area (Å²) in [5.41, 5.74) is 0.255. The number of morpholine rings is 1. The van der Waals surface area contributed by atoms with Gasteiger partial charge in [-0.3, -0.25) is 4.79 Å². The molecule has 3 fully saturated rings. The van der Waals surface area contributed by atoms with Gasteiger partial charge in [-0.15, -0.1) is 0 Å². The summed E-state index contributed by atoms with van der Waals surface area (Å²) in [4.78, 5) is 14.9. The Morgan fingerprint density at radius 3 is 2.53 bits per heavy atom. The van der Waals surface area contributed by atoms with Crippen LogP contribution in [0.1, 0.15) is 44.6 Å². The summed E-state index contributed by atoms with van der Waals surface area (Å²) in [6.07, 6.45) is 3.35. The Bertz CT molecular complexity index is 873. The van der Waals surface area contributed by atoms with Gasteiger partial charge in [0.15, 0.2) is 0 Å². The molecule has 0 N–H and O–H groups in total. The lowest BCUT2D eigenvalue weighted by Crippen LogP contribution is -2.59. The van der Waals surface area contributed by atoms with Gasteiger partial charge in [0.2, 0.25) is 5.91 Å². The summed E-state index contributed by atoms with van der Waals surface area (Å²) in [5.74, 6) is -0.275. The van der Waals surface area contributed by atoms with E-state index in [1.807, 2.05) is 11.8 Å². The van der Waals surface area contributed by atoms with Gasteiger partial charge in [0.05, 0.1) is 18.8 Å². The van der Waals surface area contributed by atoms with Crippen molar-refractivity contribution in [1.82, 2.24) is 13.5 Å². The van der Waals surface area contributed by atoms with Crippen molar-refractivity contribution in [1.29, 1.82) is 0 Å². The van der Waals surface area contributed by atoms with Gasteiger partial charge in [0.1, 0.15) is 5.82 Å². The molecule has 1 aromatic rings. The minimum absolute atomic E-state index is 0.0390. The molecule has 1 amide bonds. The zero-order valence-corrected chi connectivity index (χ0v) is 18.2. The quantitative estimate of drug-likeness (QED) is 0.721. The minimum atomic E-state index is -3.62. The molecule has 1 aromatic carbocycles. The van der Waals surface area contributed by atoms with Gasteiger partial charge in [0, 0.05) is 38.6 Å². The molecule has 2 atom stereocenters. The number of ether oxygens (including phenoxy) is 1. The predicted octanol–water partition coefficient (Wildman–Crippen LogP) is 2.14. The number of hydrogen-bond donors (Lipinski definition) is 0. The number of nitrogens with zero attached hydrogens (tertiary/aromatic N) is 3. The molecule has 0 spiro atoms. The molecule has 3 aliphatic heterocycles. The first-order valence-electron chi connectivity index (χ1n) is 10.7. The average molecular weight is 440 g/mol. The SMILES string of the molecule is C[C@@]12CCN(S(=O)(=O)N3CCOCC3)[C@@H]1CCCCC(=O)N2Cc1ccc(F)cc1. The first kappa shape index (κ1) is 21.7. The number of carbonyl (C=O) groups excluding carboxylic acids is 1. The molecule has 7 nitrogen and oxygen atoms in total. The highest BCUT2D eigenvalue weighted by atomic mass is 32.2. The second-order valence-corrected chi connectivity index (χ2v) is 10.5. The summed E-state index contributed by atoms with van der Waals surface area (Å²) in [6.45, 7) is 4.31. The van der Waals surface area contributed by atoms with E-state index in [4.69, 9.17) is 4.74 Å². The monoisotopic (exact) mass is 439 g/mol. The lowest BCUT2D eigenvalue weighted by Gasteiger charge is -2.46. The van der Waals surface area contributed by atoms with Gasteiger partial charge in [-0.2, -0.15) is 17.0 Å². The van der Waals surface area contributed by atoms with Gasteiger partial charge < -0.3 is 9.64 Å². The second kappa shape index (κ2) is 8.53. The normalized spacial score (nSPS) is 29.5. The van der Waals surface area contributed by atoms with E-state index < -0.39 is 15.7 Å². The molecule has 0 aliphatic carbocycles. The maximum Gasteiger partial charge on any atom is 0.282 e. The van der Waals surface area contributed by atoms with Gasteiger partial charge in [0.25, 0.3) is 10.2 Å². The number of fused-ring (bicyclic) bond motifs is 1. The molecule has 0 aromatic heterocycles. The standard InChI is InChI=1S/C21H30FN3O4S/c1-21-10-11-25(30(27,28)23-12-14-29-15-13-23)19(21)4-2-3-5-20(26)24(21)16-17-6-8-18(22)9-7-17/h6-9,19H,2-5,10-16H2,1H3/t19-,21-/m1/s1. The summed E-state index contributed by atoms with van der Waals surface area (Å²) in [6, 6.07) is 5.91. The Kier molecular flexibility index (Phi) is 6.16. The van der Waals surface area contributed by atoms with Crippen molar-refractivity contribution in [3.63, 3.8) is 0 Å². The minimum Gasteiger partial charge on any atom is -0.379 e. The van der Waals surface area contributed by atoms with Crippen molar-refractivity contribution in [2.75, 3.05) is 32.8 Å². The van der Waals surface area contributed by atoms with E-state index in [0.29, 0.717) is 52.2 Å². The third-order valence-electron chi connectivity index (χ3n) is 6.79. The van der Waals surface area contributed by atoms with Crippen molar-refractivity contribution >= 4 is 16.1 Å². The second-order valence-electron chi connectivity index (χ2n) is 8.61. The third kappa shape index (κ3) is 4.00. The molecule has 0 saturated carbocycles. The first-order valence-corrected chi connectivity index (χ1v) is 12.1. The van der Waals surface area contributed by atoms with Crippen molar-refractivity contribution in [2.24, 2.45) is 0 Å². The summed E-state index contributed by atoms with van der Waals surface area (Å²) in [7, 11) is -3.62. The van der Waals surface area contributed by atoms with Gasteiger partial charge in [-0.05, 0) is 43.9 Å². The highest BCUT2D eigenvalue weighted by Gasteiger charge is 2.54. The molecular weight excluding hydrogens is 409 g/mol. The van der Waals surface area contributed by atoms with E-state index in [0.717, 1.165) is 24.8 Å². The molecule has 4 rings (SSSR count). The summed E-state index contributed by atoms with van der Waals surface area (Å²) in [5, 5.41) is 0. The largest absolute Gasteiger partial charge is 0.379 e. The van der Waals surface area contributed by atoms with E-state index in [-0.39, 0.29) is 17.8 Å². The highest BCUT2D eigenvalue weighted by molar-refractivity contribution is 7.86. The van der Waals surface area contributed by atoms with E-state index in [1.165, 1.54) is 16.4 Å². The third-order valence-corrected chi connectivity index (χ3v) is 8.83. The maximum atomic E-state index is 13.4. The van der Waals surface area contributed by atoms with Gasteiger partial charge in [-0.1, -0.05) is 18.6 Å². The molecule has 0 radical (unpaired) electrons. The number of carbonyl (C=O) groups is 1. The van der Waals surface area contributed by atoms with E-state index in [1.54, 1.807) is 16.4 Å². The smallest absolute Gasteiger partial charge is 0.282 e. The zero-order valence-electron chi connectivity index (χ0n) is 17.4. The van der Waals surface area contributed by atoms with E-state index in [9.17, 15) is 17.6 Å². The maximum absolute atomic E-state index is 13.4. The van der Waals surface area contributed by atoms with Crippen molar-refractivity contribution in [2.45, 2.75) is 57.2 Å². The number of hydrogen-bond acceptors (Lipinski definition) is 4. The van der Waals surface area contributed by atoms with Crippen molar-refractivity contribution in [3.05, 3.63) is 35.6 Å². The lowest BCUT2D eigenvalue weighted by atomic mass is 9.84. The fraction of sp³-hybridized carbons (Fsp3) is 0.667. The van der Waals surface area contributed by atoms with E-state index >= 15 is 0 Å². The Morgan fingerprint density at radius 1 is 1.13 bits per heavy atom. The molecule has 3 saturated heterocycles. The number of rotatable bonds is 4. The molecule has 3 aliphatic rings. The van der Waals surface area contributed by atoms with Gasteiger partial charge in [-0.25, -0.2) is 4.39 Å². The molecule has 166 valence electrons. The Labute approximate surface area is 178 Å². The Hall–Kier alpha value is -1.55. The first-order chi connectivity index (χ1) is 14.3. The zero-order chi connectivity index (χ0) is 21.4. The van der Waals surface area contributed by atoms with Crippen LogP contribution >= 0.6 is 0 Å². The number of halogens is 1. The van der Waals surface area contributed by atoms with E-state index in [2.05, 4.69) is 0 Å². The van der Waals surface area contributed by atoms with Gasteiger partial charge >= 0.3 is 0 Å². The van der Waals surface area contributed by atoms with Crippen molar-refractivity contribution < 1.29 is 22.3 Å². The molecule has 0 unspecified atom stereocenters. The molecule has 0 bridgehead atoms.